The minimum absolute atomic E-state index is 0.557. The van der Waals surface area contributed by atoms with Crippen molar-refractivity contribution in [3.05, 3.63) is 11.6 Å². The first-order valence-electron chi connectivity index (χ1n) is 6.76. The third-order valence-electron chi connectivity index (χ3n) is 4.30. The molecule has 3 heterocycles. The van der Waals surface area contributed by atoms with E-state index in [0.717, 1.165) is 12.5 Å². The fraction of sp³-hybridized carbons (Fsp3) is 0.846. The summed E-state index contributed by atoms with van der Waals surface area (Å²) >= 11 is 0. The molecule has 0 bridgehead atoms. The molecule has 90 valence electrons. The van der Waals surface area contributed by atoms with Crippen LogP contribution in [0.15, 0.2) is 11.6 Å². The largest absolute Gasteiger partial charge is 0.310 e. The molecule has 3 heteroatoms. The Balaban J connectivity index is 1.68. The number of piperidine rings is 1. The monoisotopic (exact) mass is 221 g/mol. The van der Waals surface area contributed by atoms with Gasteiger partial charge in [-0.25, -0.2) is 0 Å². The molecule has 0 spiro atoms. The fourth-order valence-corrected chi connectivity index (χ4v) is 3.45. The van der Waals surface area contributed by atoms with Gasteiger partial charge in [0.15, 0.2) is 0 Å². The van der Waals surface area contributed by atoms with Gasteiger partial charge in [0.2, 0.25) is 0 Å². The second-order valence-electron chi connectivity index (χ2n) is 5.52. The smallest absolute Gasteiger partial charge is 0.0606 e. The zero-order valence-electron chi connectivity index (χ0n) is 10.1. The van der Waals surface area contributed by atoms with Crippen molar-refractivity contribution in [3.8, 4) is 0 Å². The van der Waals surface area contributed by atoms with Gasteiger partial charge in [-0.15, -0.1) is 0 Å². The average molecular weight is 221 g/mol. The summed E-state index contributed by atoms with van der Waals surface area (Å²) in [5, 5.41) is 10.9. The van der Waals surface area contributed by atoms with Gasteiger partial charge < -0.3 is 10.6 Å². The summed E-state index contributed by atoms with van der Waals surface area (Å²) in [6.07, 6.45) is 8.34. The first kappa shape index (κ1) is 10.8. The summed E-state index contributed by atoms with van der Waals surface area (Å²) < 4.78 is 0. The average Bonchev–Trinajstić information content (AvgIpc) is 2.72. The van der Waals surface area contributed by atoms with E-state index in [4.69, 9.17) is 0 Å². The van der Waals surface area contributed by atoms with Crippen LogP contribution in [0.4, 0.5) is 0 Å². The van der Waals surface area contributed by atoms with E-state index < -0.39 is 0 Å². The first-order chi connectivity index (χ1) is 7.83. The SMILES string of the molecule is C[C@@H]1C=C(C2CC3CCCNC3N2)CCN1. The lowest BCUT2D eigenvalue weighted by Crippen LogP contribution is -2.47. The highest BCUT2D eigenvalue weighted by Crippen LogP contribution is 2.31. The first-order valence-corrected chi connectivity index (χ1v) is 6.76. The molecular formula is C13H23N3. The number of fused-ring (bicyclic) bond motifs is 1. The van der Waals surface area contributed by atoms with Crippen LogP contribution in [0.25, 0.3) is 0 Å². The van der Waals surface area contributed by atoms with Gasteiger partial charge in [-0.2, -0.15) is 0 Å². The molecule has 0 saturated carbocycles. The van der Waals surface area contributed by atoms with Crippen molar-refractivity contribution in [1.82, 2.24) is 16.0 Å². The van der Waals surface area contributed by atoms with E-state index in [0.29, 0.717) is 18.2 Å². The number of hydrogen-bond acceptors (Lipinski definition) is 3. The third kappa shape index (κ3) is 2.04. The Morgan fingerprint density at radius 1 is 1.25 bits per heavy atom. The van der Waals surface area contributed by atoms with Gasteiger partial charge in [0.25, 0.3) is 0 Å². The predicted molar refractivity (Wildman–Crippen MR) is 66.2 cm³/mol. The summed E-state index contributed by atoms with van der Waals surface area (Å²) in [6.45, 7) is 4.59. The zero-order chi connectivity index (χ0) is 11.0. The van der Waals surface area contributed by atoms with Crippen LogP contribution in [0.1, 0.15) is 32.6 Å². The second-order valence-corrected chi connectivity index (χ2v) is 5.52. The van der Waals surface area contributed by atoms with Crippen molar-refractivity contribution in [3.63, 3.8) is 0 Å². The molecule has 4 atom stereocenters. The maximum Gasteiger partial charge on any atom is 0.0606 e. The lowest BCUT2D eigenvalue weighted by atomic mass is 9.90. The molecule has 0 radical (unpaired) electrons. The zero-order valence-corrected chi connectivity index (χ0v) is 10.1. The van der Waals surface area contributed by atoms with E-state index in [1.165, 1.54) is 32.2 Å². The highest BCUT2D eigenvalue weighted by molar-refractivity contribution is 5.19. The van der Waals surface area contributed by atoms with Gasteiger partial charge in [0.1, 0.15) is 0 Å². The molecule has 2 saturated heterocycles. The van der Waals surface area contributed by atoms with Gasteiger partial charge in [0.05, 0.1) is 6.17 Å². The summed E-state index contributed by atoms with van der Waals surface area (Å²) in [5.74, 6) is 0.866. The quantitative estimate of drug-likeness (QED) is 0.578. The standard InChI is InChI=1S/C13H23N3/c1-9-7-10(4-6-14-9)12-8-11-3-2-5-15-13(11)16-12/h7,9,11-16H,2-6,8H2,1H3/t9-,11?,12?,13?/m1/s1. The molecule has 3 aliphatic heterocycles. The number of hydrogen-bond donors (Lipinski definition) is 3. The molecule has 3 nitrogen and oxygen atoms in total. The van der Waals surface area contributed by atoms with Crippen molar-refractivity contribution in [2.24, 2.45) is 5.92 Å². The summed E-state index contributed by atoms with van der Waals surface area (Å²) in [5.41, 5.74) is 1.64. The van der Waals surface area contributed by atoms with Crippen LogP contribution in [0, 0.1) is 5.92 Å². The van der Waals surface area contributed by atoms with Crippen LogP contribution in [-0.4, -0.2) is 31.3 Å². The van der Waals surface area contributed by atoms with Crippen molar-refractivity contribution >= 4 is 0 Å². The lowest BCUT2D eigenvalue weighted by molar-refractivity contribution is 0.300. The molecule has 2 fully saturated rings. The fourth-order valence-electron chi connectivity index (χ4n) is 3.45. The molecular weight excluding hydrogens is 198 g/mol. The van der Waals surface area contributed by atoms with E-state index in [9.17, 15) is 0 Å². The molecule has 3 aliphatic rings. The second kappa shape index (κ2) is 4.47. The number of rotatable bonds is 1. The molecule has 0 aromatic carbocycles. The third-order valence-corrected chi connectivity index (χ3v) is 4.30. The molecule has 3 unspecified atom stereocenters. The molecule has 16 heavy (non-hydrogen) atoms. The van der Waals surface area contributed by atoms with E-state index >= 15 is 0 Å². The Bertz CT molecular complexity index is 273. The van der Waals surface area contributed by atoms with Crippen LogP contribution in [-0.2, 0) is 0 Å². The summed E-state index contributed by atoms with van der Waals surface area (Å²) in [6, 6.07) is 1.20. The van der Waals surface area contributed by atoms with Crippen LogP contribution < -0.4 is 16.0 Å². The van der Waals surface area contributed by atoms with Gasteiger partial charge in [-0.3, -0.25) is 5.32 Å². The highest BCUT2D eigenvalue weighted by Gasteiger charge is 2.36. The Morgan fingerprint density at radius 2 is 2.19 bits per heavy atom. The Kier molecular flexibility index (Phi) is 3.01. The topological polar surface area (TPSA) is 36.1 Å². The normalized spacial score (nSPS) is 43.9. The summed E-state index contributed by atoms with van der Waals surface area (Å²) in [7, 11) is 0. The van der Waals surface area contributed by atoms with E-state index in [2.05, 4.69) is 29.0 Å². The van der Waals surface area contributed by atoms with E-state index in [1.807, 2.05) is 0 Å². The molecule has 0 aromatic rings. The van der Waals surface area contributed by atoms with Crippen molar-refractivity contribution in [2.75, 3.05) is 13.1 Å². The van der Waals surface area contributed by atoms with Crippen molar-refractivity contribution < 1.29 is 0 Å². The maximum absolute atomic E-state index is 3.78. The predicted octanol–water partition coefficient (Wildman–Crippen LogP) is 0.982. The van der Waals surface area contributed by atoms with Crippen LogP contribution in [0.2, 0.25) is 0 Å². The van der Waals surface area contributed by atoms with Crippen molar-refractivity contribution in [2.45, 2.75) is 50.9 Å². The number of nitrogens with one attached hydrogen (secondary N) is 3. The lowest BCUT2D eigenvalue weighted by Gasteiger charge is -2.26. The van der Waals surface area contributed by atoms with Crippen LogP contribution >= 0.6 is 0 Å². The minimum atomic E-state index is 0.557. The Hall–Kier alpha value is -0.380. The maximum atomic E-state index is 3.78. The van der Waals surface area contributed by atoms with Gasteiger partial charge in [-0.05, 0) is 51.6 Å². The highest BCUT2D eigenvalue weighted by atomic mass is 15.2. The minimum Gasteiger partial charge on any atom is -0.310 e. The van der Waals surface area contributed by atoms with Gasteiger partial charge in [-0.1, -0.05) is 11.6 Å². The Labute approximate surface area is 98.1 Å². The van der Waals surface area contributed by atoms with E-state index in [1.54, 1.807) is 5.57 Å². The summed E-state index contributed by atoms with van der Waals surface area (Å²) in [4.78, 5) is 0. The van der Waals surface area contributed by atoms with E-state index in [-0.39, 0.29) is 0 Å². The van der Waals surface area contributed by atoms with Crippen LogP contribution in [0.3, 0.4) is 0 Å². The van der Waals surface area contributed by atoms with Gasteiger partial charge in [0, 0.05) is 12.1 Å². The molecule has 0 aromatic heterocycles. The molecule has 0 amide bonds. The van der Waals surface area contributed by atoms with Gasteiger partial charge >= 0.3 is 0 Å². The molecule has 0 aliphatic carbocycles. The molecule has 3 N–H and O–H groups in total. The Morgan fingerprint density at radius 3 is 3.00 bits per heavy atom. The molecule has 3 rings (SSSR count). The van der Waals surface area contributed by atoms with Crippen molar-refractivity contribution in [1.29, 1.82) is 0 Å². The van der Waals surface area contributed by atoms with Crippen LogP contribution in [0.5, 0.6) is 0 Å².